The first-order valence-corrected chi connectivity index (χ1v) is 6.21. The van der Waals surface area contributed by atoms with E-state index in [1.165, 1.54) is 0 Å². The molecule has 1 atom stereocenters. The Morgan fingerprint density at radius 1 is 1.35 bits per heavy atom. The van der Waals surface area contributed by atoms with Crippen molar-refractivity contribution in [1.29, 1.82) is 0 Å². The Morgan fingerprint density at radius 3 is 2.59 bits per heavy atom. The molecule has 0 saturated heterocycles. The maximum absolute atomic E-state index is 12.3. The normalized spacial score (nSPS) is 12.0. The third kappa shape index (κ3) is 3.22. The number of carbonyl (C=O) groups excluding carboxylic acids is 1. The lowest BCUT2D eigenvalue weighted by molar-refractivity contribution is 0.0741. The van der Waals surface area contributed by atoms with Crippen LogP contribution in [-0.2, 0) is 0 Å². The van der Waals surface area contributed by atoms with E-state index >= 15 is 0 Å². The second-order valence-electron chi connectivity index (χ2n) is 4.25. The predicted molar refractivity (Wildman–Crippen MR) is 72.5 cm³/mol. The van der Waals surface area contributed by atoms with Gasteiger partial charge in [0.15, 0.2) is 0 Å². The Balaban J connectivity index is 2.95. The van der Waals surface area contributed by atoms with Crippen molar-refractivity contribution in [3.8, 4) is 0 Å². The van der Waals surface area contributed by atoms with Gasteiger partial charge in [0.25, 0.3) is 5.91 Å². The molecule has 3 heteroatoms. The van der Waals surface area contributed by atoms with Gasteiger partial charge in [-0.15, -0.1) is 0 Å². The quantitative estimate of drug-likeness (QED) is 0.849. The number of nitrogens with one attached hydrogen (secondary N) is 1. The minimum absolute atomic E-state index is 0.0795. The van der Waals surface area contributed by atoms with E-state index in [1.807, 2.05) is 38.2 Å². The molecule has 1 N–H and O–H groups in total. The Kier molecular flexibility index (Phi) is 5.01. The van der Waals surface area contributed by atoms with Crippen LogP contribution in [0.3, 0.4) is 0 Å². The lowest BCUT2D eigenvalue weighted by atomic mass is 10.1. The van der Waals surface area contributed by atoms with E-state index in [1.54, 1.807) is 4.90 Å². The summed E-state index contributed by atoms with van der Waals surface area (Å²) < 4.78 is 0. The molecule has 0 heterocycles. The smallest absolute Gasteiger partial charge is 0.255 e. The Morgan fingerprint density at radius 2 is 2.00 bits per heavy atom. The van der Waals surface area contributed by atoms with E-state index in [0.29, 0.717) is 0 Å². The SMILES string of the molecule is CCNc1ccccc1C(=O)N(C)C(C)CC. The minimum Gasteiger partial charge on any atom is -0.385 e. The molecule has 3 nitrogen and oxygen atoms in total. The fourth-order valence-electron chi connectivity index (χ4n) is 1.68. The molecule has 0 aliphatic heterocycles. The summed E-state index contributed by atoms with van der Waals surface area (Å²) in [5, 5.41) is 3.22. The molecule has 1 rings (SSSR count). The van der Waals surface area contributed by atoms with E-state index in [4.69, 9.17) is 0 Å². The summed E-state index contributed by atoms with van der Waals surface area (Å²) in [5.41, 5.74) is 1.66. The number of anilines is 1. The molecule has 0 spiro atoms. The van der Waals surface area contributed by atoms with Crippen LogP contribution >= 0.6 is 0 Å². The molecule has 0 bridgehead atoms. The van der Waals surface area contributed by atoms with Gasteiger partial charge in [0, 0.05) is 25.3 Å². The van der Waals surface area contributed by atoms with Crippen LogP contribution in [0.5, 0.6) is 0 Å². The zero-order chi connectivity index (χ0) is 12.8. The molecule has 0 aliphatic carbocycles. The van der Waals surface area contributed by atoms with Crippen LogP contribution < -0.4 is 5.32 Å². The molecular weight excluding hydrogens is 212 g/mol. The van der Waals surface area contributed by atoms with Crippen LogP contribution in [0.15, 0.2) is 24.3 Å². The molecule has 0 saturated carbocycles. The topological polar surface area (TPSA) is 32.3 Å². The van der Waals surface area contributed by atoms with Crippen molar-refractivity contribution in [2.45, 2.75) is 33.2 Å². The molecule has 1 aromatic rings. The second-order valence-corrected chi connectivity index (χ2v) is 4.25. The number of hydrogen-bond donors (Lipinski definition) is 1. The van der Waals surface area contributed by atoms with Gasteiger partial charge < -0.3 is 10.2 Å². The highest BCUT2D eigenvalue weighted by molar-refractivity contribution is 5.99. The van der Waals surface area contributed by atoms with Crippen molar-refractivity contribution in [3.05, 3.63) is 29.8 Å². The number of nitrogens with zero attached hydrogens (tertiary/aromatic N) is 1. The summed E-state index contributed by atoms with van der Waals surface area (Å²) in [6, 6.07) is 7.92. The highest BCUT2D eigenvalue weighted by Crippen LogP contribution is 2.18. The number of rotatable bonds is 5. The summed E-state index contributed by atoms with van der Waals surface area (Å²) in [4.78, 5) is 14.1. The van der Waals surface area contributed by atoms with Crippen molar-refractivity contribution in [1.82, 2.24) is 4.90 Å². The van der Waals surface area contributed by atoms with Gasteiger partial charge >= 0.3 is 0 Å². The van der Waals surface area contributed by atoms with Gasteiger partial charge in [-0.05, 0) is 32.4 Å². The van der Waals surface area contributed by atoms with E-state index in [0.717, 1.165) is 24.2 Å². The number of hydrogen-bond acceptors (Lipinski definition) is 2. The predicted octanol–water partition coefficient (Wildman–Crippen LogP) is 2.99. The summed E-state index contributed by atoms with van der Waals surface area (Å²) >= 11 is 0. The number of amides is 1. The van der Waals surface area contributed by atoms with Gasteiger partial charge in [0.2, 0.25) is 0 Å². The fraction of sp³-hybridized carbons (Fsp3) is 0.500. The Hall–Kier alpha value is -1.51. The summed E-state index contributed by atoms with van der Waals surface area (Å²) in [5.74, 6) is 0.0795. The maximum atomic E-state index is 12.3. The van der Waals surface area contributed by atoms with E-state index < -0.39 is 0 Å². The van der Waals surface area contributed by atoms with Crippen molar-refractivity contribution in [2.75, 3.05) is 18.9 Å². The van der Waals surface area contributed by atoms with Crippen molar-refractivity contribution < 1.29 is 4.79 Å². The van der Waals surface area contributed by atoms with Crippen LogP contribution in [0.4, 0.5) is 5.69 Å². The average Bonchev–Trinajstić information content (AvgIpc) is 2.37. The van der Waals surface area contributed by atoms with Crippen LogP contribution in [0, 0.1) is 0 Å². The average molecular weight is 234 g/mol. The standard InChI is InChI=1S/C14H22N2O/c1-5-11(3)16(4)14(17)12-9-7-8-10-13(12)15-6-2/h7-11,15H,5-6H2,1-4H3. The molecule has 0 aromatic heterocycles. The highest BCUT2D eigenvalue weighted by Gasteiger charge is 2.18. The van der Waals surface area contributed by atoms with E-state index in [-0.39, 0.29) is 11.9 Å². The molecule has 1 amide bonds. The summed E-state index contributed by atoms with van der Waals surface area (Å²) in [7, 11) is 1.86. The Bertz CT molecular complexity index is 376. The molecule has 0 fully saturated rings. The van der Waals surface area contributed by atoms with Gasteiger partial charge in [-0.2, -0.15) is 0 Å². The second kappa shape index (κ2) is 6.28. The van der Waals surface area contributed by atoms with Gasteiger partial charge in [-0.3, -0.25) is 4.79 Å². The molecule has 1 aromatic carbocycles. The molecule has 0 aliphatic rings. The number of para-hydroxylation sites is 1. The van der Waals surface area contributed by atoms with Crippen LogP contribution in [0.25, 0.3) is 0 Å². The third-order valence-corrected chi connectivity index (χ3v) is 3.10. The number of carbonyl (C=O) groups is 1. The zero-order valence-corrected chi connectivity index (χ0v) is 11.2. The lowest BCUT2D eigenvalue weighted by Gasteiger charge is -2.25. The van der Waals surface area contributed by atoms with E-state index in [2.05, 4.69) is 19.2 Å². The Labute approximate surface area is 104 Å². The van der Waals surface area contributed by atoms with Crippen molar-refractivity contribution in [3.63, 3.8) is 0 Å². The monoisotopic (exact) mass is 234 g/mol. The molecular formula is C14H22N2O. The van der Waals surface area contributed by atoms with Gasteiger partial charge in [0.05, 0.1) is 5.56 Å². The zero-order valence-electron chi connectivity index (χ0n) is 11.2. The van der Waals surface area contributed by atoms with Crippen molar-refractivity contribution >= 4 is 11.6 Å². The highest BCUT2D eigenvalue weighted by atomic mass is 16.2. The van der Waals surface area contributed by atoms with Gasteiger partial charge in [-0.25, -0.2) is 0 Å². The lowest BCUT2D eigenvalue weighted by Crippen LogP contribution is -2.35. The van der Waals surface area contributed by atoms with E-state index in [9.17, 15) is 4.79 Å². The maximum Gasteiger partial charge on any atom is 0.255 e. The fourth-order valence-corrected chi connectivity index (χ4v) is 1.68. The number of benzene rings is 1. The first-order chi connectivity index (χ1) is 8.11. The van der Waals surface area contributed by atoms with Crippen LogP contribution in [0.1, 0.15) is 37.6 Å². The summed E-state index contributed by atoms with van der Waals surface area (Å²) in [6.07, 6.45) is 0.964. The van der Waals surface area contributed by atoms with Gasteiger partial charge in [0.1, 0.15) is 0 Å². The summed E-state index contributed by atoms with van der Waals surface area (Å²) in [6.45, 7) is 7.00. The molecule has 17 heavy (non-hydrogen) atoms. The minimum atomic E-state index is 0.0795. The molecule has 94 valence electrons. The largest absolute Gasteiger partial charge is 0.385 e. The first kappa shape index (κ1) is 13.6. The first-order valence-electron chi connectivity index (χ1n) is 6.21. The molecule has 1 unspecified atom stereocenters. The molecule has 0 radical (unpaired) electrons. The van der Waals surface area contributed by atoms with Crippen molar-refractivity contribution in [2.24, 2.45) is 0 Å². The van der Waals surface area contributed by atoms with Crippen LogP contribution in [-0.4, -0.2) is 30.4 Å². The van der Waals surface area contributed by atoms with Crippen LogP contribution in [0.2, 0.25) is 0 Å². The van der Waals surface area contributed by atoms with Gasteiger partial charge in [-0.1, -0.05) is 19.1 Å². The third-order valence-electron chi connectivity index (χ3n) is 3.10.